The summed E-state index contributed by atoms with van der Waals surface area (Å²) < 4.78 is 18.2. The average molecular weight is 361 g/mol. The third-order valence-corrected chi connectivity index (χ3v) is 5.32. The zero-order valence-electron chi connectivity index (χ0n) is 14.0. The van der Waals surface area contributed by atoms with Crippen molar-refractivity contribution in [2.24, 2.45) is 0 Å². The van der Waals surface area contributed by atoms with Crippen LogP contribution in [0.3, 0.4) is 0 Å². The van der Waals surface area contributed by atoms with Crippen molar-refractivity contribution < 1.29 is 18.7 Å². The number of thiophene rings is 1. The maximum Gasteiger partial charge on any atom is 0.306 e. The summed E-state index contributed by atoms with van der Waals surface area (Å²) in [4.78, 5) is 27.3. The van der Waals surface area contributed by atoms with Crippen LogP contribution in [0.15, 0.2) is 35.7 Å². The summed E-state index contributed by atoms with van der Waals surface area (Å²) in [6.45, 7) is 2.65. The standard InChI is InChI=1S/C19H20FNO3S/c1-2-24-18(23)8-7-17(22)21-11-9-16-15(10-12-25-16)19(21)13-3-5-14(20)6-4-13/h3-6,10,12,19H,2,7-9,11H2,1H3/t19-/m1/s1. The molecule has 0 saturated carbocycles. The molecule has 1 aliphatic heterocycles. The van der Waals surface area contributed by atoms with Crippen molar-refractivity contribution in [2.45, 2.75) is 32.2 Å². The van der Waals surface area contributed by atoms with Gasteiger partial charge in [0.1, 0.15) is 5.82 Å². The normalized spacial score (nSPS) is 16.4. The molecule has 1 amide bonds. The average Bonchev–Trinajstić information content (AvgIpc) is 3.08. The summed E-state index contributed by atoms with van der Waals surface area (Å²) in [6, 6.07) is 8.06. The highest BCUT2D eigenvalue weighted by atomic mass is 32.1. The van der Waals surface area contributed by atoms with E-state index in [2.05, 4.69) is 0 Å². The van der Waals surface area contributed by atoms with Gasteiger partial charge in [0, 0.05) is 17.8 Å². The number of ether oxygens (including phenoxy) is 1. The number of carbonyl (C=O) groups is 2. The van der Waals surface area contributed by atoms with Crippen molar-refractivity contribution in [1.29, 1.82) is 0 Å². The number of rotatable bonds is 5. The van der Waals surface area contributed by atoms with Gasteiger partial charge in [0.15, 0.2) is 0 Å². The molecule has 2 aromatic rings. The lowest BCUT2D eigenvalue weighted by molar-refractivity contribution is -0.146. The van der Waals surface area contributed by atoms with Gasteiger partial charge in [-0.3, -0.25) is 9.59 Å². The van der Waals surface area contributed by atoms with Crippen LogP contribution >= 0.6 is 11.3 Å². The van der Waals surface area contributed by atoms with Crippen molar-refractivity contribution in [3.63, 3.8) is 0 Å². The van der Waals surface area contributed by atoms with E-state index >= 15 is 0 Å². The van der Waals surface area contributed by atoms with Crippen LogP contribution in [-0.4, -0.2) is 29.9 Å². The summed E-state index contributed by atoms with van der Waals surface area (Å²) in [6.07, 6.45) is 1.00. The van der Waals surface area contributed by atoms with E-state index in [0.717, 1.165) is 17.5 Å². The van der Waals surface area contributed by atoms with E-state index in [1.54, 1.807) is 35.3 Å². The first-order valence-electron chi connectivity index (χ1n) is 8.37. The lowest BCUT2D eigenvalue weighted by Crippen LogP contribution is -2.40. The molecule has 1 aromatic heterocycles. The molecule has 1 aliphatic rings. The Morgan fingerprint density at radius 2 is 2.00 bits per heavy atom. The second kappa shape index (κ2) is 7.78. The van der Waals surface area contributed by atoms with Gasteiger partial charge < -0.3 is 9.64 Å². The fourth-order valence-electron chi connectivity index (χ4n) is 3.18. The summed E-state index contributed by atoms with van der Waals surface area (Å²) in [7, 11) is 0. The van der Waals surface area contributed by atoms with Crippen molar-refractivity contribution in [1.82, 2.24) is 4.90 Å². The van der Waals surface area contributed by atoms with Crippen LogP contribution in [0.25, 0.3) is 0 Å². The Hall–Kier alpha value is -2.21. The van der Waals surface area contributed by atoms with E-state index in [-0.39, 0.29) is 36.6 Å². The Labute approximate surface area is 150 Å². The molecule has 0 N–H and O–H groups in total. The first-order valence-corrected chi connectivity index (χ1v) is 9.25. The van der Waals surface area contributed by atoms with Gasteiger partial charge in [0.25, 0.3) is 0 Å². The Morgan fingerprint density at radius 3 is 2.72 bits per heavy atom. The van der Waals surface area contributed by atoms with Crippen LogP contribution in [0.4, 0.5) is 4.39 Å². The SMILES string of the molecule is CCOC(=O)CCC(=O)N1CCc2sccc2[C@H]1c1ccc(F)cc1. The highest BCUT2D eigenvalue weighted by Gasteiger charge is 2.32. The van der Waals surface area contributed by atoms with Gasteiger partial charge in [-0.25, -0.2) is 4.39 Å². The molecule has 3 rings (SSSR count). The Balaban J connectivity index is 1.83. The minimum absolute atomic E-state index is 0.0792. The molecule has 0 saturated heterocycles. The van der Waals surface area contributed by atoms with Crippen LogP contribution in [0.2, 0.25) is 0 Å². The van der Waals surface area contributed by atoms with Crippen LogP contribution < -0.4 is 0 Å². The molecule has 6 heteroatoms. The second-order valence-electron chi connectivity index (χ2n) is 5.90. The van der Waals surface area contributed by atoms with E-state index < -0.39 is 0 Å². The van der Waals surface area contributed by atoms with Crippen molar-refractivity contribution in [3.05, 3.63) is 57.5 Å². The number of benzene rings is 1. The quantitative estimate of drug-likeness (QED) is 0.763. The zero-order valence-corrected chi connectivity index (χ0v) is 14.9. The fourth-order valence-corrected chi connectivity index (χ4v) is 4.08. The Bertz CT molecular complexity index is 756. The molecule has 0 radical (unpaired) electrons. The van der Waals surface area contributed by atoms with Gasteiger partial charge in [-0.2, -0.15) is 0 Å². The van der Waals surface area contributed by atoms with Gasteiger partial charge in [0.2, 0.25) is 5.91 Å². The molecule has 1 atom stereocenters. The number of esters is 1. The van der Waals surface area contributed by atoms with Crippen molar-refractivity contribution in [3.8, 4) is 0 Å². The van der Waals surface area contributed by atoms with Crippen molar-refractivity contribution in [2.75, 3.05) is 13.2 Å². The van der Waals surface area contributed by atoms with Crippen LogP contribution in [0, 0.1) is 5.82 Å². The maximum atomic E-state index is 13.3. The first-order chi connectivity index (χ1) is 12.1. The van der Waals surface area contributed by atoms with E-state index in [1.165, 1.54) is 17.0 Å². The zero-order chi connectivity index (χ0) is 17.8. The predicted molar refractivity (Wildman–Crippen MR) is 93.8 cm³/mol. The van der Waals surface area contributed by atoms with Crippen molar-refractivity contribution >= 4 is 23.2 Å². The molecule has 132 valence electrons. The molecule has 0 bridgehead atoms. The summed E-state index contributed by atoms with van der Waals surface area (Å²) in [5, 5.41) is 2.02. The molecule has 25 heavy (non-hydrogen) atoms. The number of hydrogen-bond donors (Lipinski definition) is 0. The van der Waals surface area contributed by atoms with Crippen LogP contribution in [-0.2, 0) is 20.7 Å². The summed E-state index contributed by atoms with van der Waals surface area (Å²) in [5.41, 5.74) is 1.97. The molecule has 0 unspecified atom stereocenters. The van der Waals surface area contributed by atoms with E-state index in [1.807, 2.05) is 11.4 Å². The molecular weight excluding hydrogens is 341 g/mol. The van der Waals surface area contributed by atoms with Crippen LogP contribution in [0.1, 0.15) is 41.8 Å². The van der Waals surface area contributed by atoms with E-state index in [9.17, 15) is 14.0 Å². The van der Waals surface area contributed by atoms with Gasteiger partial charge in [-0.1, -0.05) is 12.1 Å². The number of halogens is 1. The minimum Gasteiger partial charge on any atom is -0.466 e. The third-order valence-electron chi connectivity index (χ3n) is 4.32. The fraction of sp³-hybridized carbons (Fsp3) is 0.368. The summed E-state index contributed by atoms with van der Waals surface area (Å²) in [5.74, 6) is -0.744. The Kier molecular flexibility index (Phi) is 5.48. The second-order valence-corrected chi connectivity index (χ2v) is 6.90. The topological polar surface area (TPSA) is 46.6 Å². The number of carbonyl (C=O) groups excluding carboxylic acids is 2. The number of amides is 1. The monoisotopic (exact) mass is 361 g/mol. The van der Waals surface area contributed by atoms with Gasteiger partial charge in [-0.15, -0.1) is 11.3 Å². The predicted octanol–water partition coefficient (Wildman–Crippen LogP) is 3.70. The molecule has 1 aromatic carbocycles. The van der Waals surface area contributed by atoms with E-state index in [4.69, 9.17) is 4.74 Å². The van der Waals surface area contributed by atoms with Gasteiger partial charge in [0.05, 0.1) is 19.1 Å². The Morgan fingerprint density at radius 1 is 1.24 bits per heavy atom. The molecule has 0 spiro atoms. The molecular formula is C19H20FNO3S. The highest BCUT2D eigenvalue weighted by Crippen LogP contribution is 2.38. The molecule has 0 aliphatic carbocycles. The van der Waals surface area contributed by atoms with E-state index in [0.29, 0.717) is 13.2 Å². The molecule has 2 heterocycles. The van der Waals surface area contributed by atoms with Gasteiger partial charge in [-0.05, 0) is 48.1 Å². The highest BCUT2D eigenvalue weighted by molar-refractivity contribution is 7.10. The lowest BCUT2D eigenvalue weighted by Gasteiger charge is -2.36. The smallest absolute Gasteiger partial charge is 0.306 e. The summed E-state index contributed by atoms with van der Waals surface area (Å²) >= 11 is 1.68. The van der Waals surface area contributed by atoms with Crippen LogP contribution in [0.5, 0.6) is 0 Å². The van der Waals surface area contributed by atoms with Gasteiger partial charge >= 0.3 is 5.97 Å². The minimum atomic E-state index is -0.359. The lowest BCUT2D eigenvalue weighted by atomic mass is 9.93. The first kappa shape index (κ1) is 17.6. The largest absolute Gasteiger partial charge is 0.466 e. The number of fused-ring (bicyclic) bond motifs is 1. The number of hydrogen-bond acceptors (Lipinski definition) is 4. The molecule has 4 nitrogen and oxygen atoms in total. The maximum absolute atomic E-state index is 13.3. The third kappa shape index (κ3) is 3.90. The molecule has 0 fully saturated rings. The number of nitrogens with zero attached hydrogens (tertiary/aromatic N) is 1.